The summed E-state index contributed by atoms with van der Waals surface area (Å²) < 4.78 is 15.9. The van der Waals surface area contributed by atoms with Gasteiger partial charge in [-0.15, -0.1) is 0 Å². The second-order valence-corrected chi connectivity index (χ2v) is 5.24. The van der Waals surface area contributed by atoms with E-state index in [1.54, 1.807) is 24.4 Å². The molecule has 4 rings (SSSR count). The number of rotatable bonds is 3. The lowest BCUT2D eigenvalue weighted by Gasteiger charge is -2.12. The van der Waals surface area contributed by atoms with Gasteiger partial charge in [-0.2, -0.15) is 0 Å². The van der Waals surface area contributed by atoms with Crippen molar-refractivity contribution in [2.24, 2.45) is 0 Å². The van der Waals surface area contributed by atoms with E-state index in [9.17, 15) is 4.79 Å². The molecule has 0 spiro atoms. The SMILES string of the molecule is COc1cnc2ccccc2c1C(=O)Nc1ccc2c(c1)OCO2. The van der Waals surface area contributed by atoms with Crippen LogP contribution in [0.2, 0.25) is 0 Å². The number of methoxy groups -OCH3 is 1. The predicted octanol–water partition coefficient (Wildman–Crippen LogP) is 3.22. The summed E-state index contributed by atoms with van der Waals surface area (Å²) in [4.78, 5) is 17.1. The number of para-hydroxylation sites is 1. The molecule has 120 valence electrons. The minimum atomic E-state index is -0.274. The molecule has 1 N–H and O–H groups in total. The summed E-state index contributed by atoms with van der Waals surface area (Å²) in [5.74, 6) is 1.43. The lowest BCUT2D eigenvalue weighted by molar-refractivity contribution is 0.102. The number of anilines is 1. The number of nitrogens with one attached hydrogen (secondary N) is 1. The number of carbonyl (C=O) groups is 1. The molecule has 1 aliphatic heterocycles. The lowest BCUT2D eigenvalue weighted by atomic mass is 10.1. The molecule has 0 fully saturated rings. The molecule has 0 unspecified atom stereocenters. The third-order valence-corrected chi connectivity index (χ3v) is 3.82. The van der Waals surface area contributed by atoms with Gasteiger partial charge < -0.3 is 19.5 Å². The van der Waals surface area contributed by atoms with Crippen LogP contribution in [-0.2, 0) is 0 Å². The first-order valence-corrected chi connectivity index (χ1v) is 7.39. The lowest BCUT2D eigenvalue weighted by Crippen LogP contribution is -2.14. The van der Waals surface area contributed by atoms with E-state index < -0.39 is 0 Å². The maximum absolute atomic E-state index is 12.8. The summed E-state index contributed by atoms with van der Waals surface area (Å²) in [5, 5.41) is 3.60. The van der Waals surface area contributed by atoms with Gasteiger partial charge in [-0.3, -0.25) is 9.78 Å². The molecule has 1 amide bonds. The van der Waals surface area contributed by atoms with Crippen molar-refractivity contribution in [3.63, 3.8) is 0 Å². The van der Waals surface area contributed by atoms with Gasteiger partial charge in [0.25, 0.3) is 5.91 Å². The zero-order valence-corrected chi connectivity index (χ0v) is 12.9. The molecule has 0 aliphatic carbocycles. The Morgan fingerprint density at radius 3 is 2.88 bits per heavy atom. The second-order valence-electron chi connectivity index (χ2n) is 5.24. The van der Waals surface area contributed by atoms with Gasteiger partial charge in [0.05, 0.1) is 24.4 Å². The number of nitrogens with zero attached hydrogens (tertiary/aromatic N) is 1. The van der Waals surface area contributed by atoms with Gasteiger partial charge in [0.15, 0.2) is 17.2 Å². The van der Waals surface area contributed by atoms with E-state index in [4.69, 9.17) is 14.2 Å². The number of benzene rings is 2. The van der Waals surface area contributed by atoms with Crippen molar-refractivity contribution < 1.29 is 19.0 Å². The van der Waals surface area contributed by atoms with Crippen LogP contribution in [0, 0.1) is 0 Å². The largest absolute Gasteiger partial charge is 0.494 e. The maximum atomic E-state index is 12.8. The highest BCUT2D eigenvalue weighted by atomic mass is 16.7. The molecule has 0 radical (unpaired) electrons. The van der Waals surface area contributed by atoms with Crippen LogP contribution < -0.4 is 19.5 Å². The highest BCUT2D eigenvalue weighted by Gasteiger charge is 2.19. The first-order chi connectivity index (χ1) is 11.8. The fraction of sp³-hybridized carbons (Fsp3) is 0.111. The predicted molar refractivity (Wildman–Crippen MR) is 88.8 cm³/mol. The molecule has 0 bridgehead atoms. The highest BCUT2D eigenvalue weighted by Crippen LogP contribution is 2.35. The quantitative estimate of drug-likeness (QED) is 0.802. The number of fused-ring (bicyclic) bond motifs is 2. The van der Waals surface area contributed by atoms with E-state index in [1.165, 1.54) is 7.11 Å². The summed E-state index contributed by atoms with van der Waals surface area (Å²) in [6.45, 7) is 0.190. The van der Waals surface area contributed by atoms with Gasteiger partial charge in [-0.05, 0) is 18.2 Å². The molecule has 0 saturated carbocycles. The van der Waals surface area contributed by atoms with Gasteiger partial charge in [0, 0.05) is 17.1 Å². The summed E-state index contributed by atoms with van der Waals surface area (Å²) in [6, 6.07) is 12.7. The van der Waals surface area contributed by atoms with Gasteiger partial charge in [0.1, 0.15) is 0 Å². The molecule has 2 heterocycles. The Balaban J connectivity index is 1.73. The first-order valence-electron chi connectivity index (χ1n) is 7.39. The number of hydrogen-bond acceptors (Lipinski definition) is 5. The van der Waals surface area contributed by atoms with E-state index in [-0.39, 0.29) is 12.7 Å². The van der Waals surface area contributed by atoms with Crippen molar-refractivity contribution in [2.75, 3.05) is 19.2 Å². The number of amides is 1. The molecular formula is C18H14N2O4. The van der Waals surface area contributed by atoms with E-state index >= 15 is 0 Å². The zero-order valence-electron chi connectivity index (χ0n) is 12.9. The smallest absolute Gasteiger partial charge is 0.260 e. The van der Waals surface area contributed by atoms with E-state index in [0.29, 0.717) is 28.5 Å². The fourth-order valence-electron chi connectivity index (χ4n) is 2.68. The highest BCUT2D eigenvalue weighted by molar-refractivity contribution is 6.14. The molecule has 6 nitrogen and oxygen atoms in total. The summed E-state index contributed by atoms with van der Waals surface area (Å²) in [6.07, 6.45) is 1.55. The molecule has 1 aliphatic rings. The Hall–Kier alpha value is -3.28. The zero-order chi connectivity index (χ0) is 16.5. The standard InChI is InChI=1S/C18H14N2O4/c1-22-16-9-19-13-5-3-2-4-12(13)17(16)18(21)20-11-6-7-14-15(8-11)24-10-23-14/h2-9H,10H2,1H3,(H,20,21). The molecule has 0 atom stereocenters. The molecular weight excluding hydrogens is 308 g/mol. The number of pyridine rings is 1. The maximum Gasteiger partial charge on any atom is 0.260 e. The van der Waals surface area contributed by atoms with Crippen molar-refractivity contribution in [3.05, 3.63) is 54.2 Å². The van der Waals surface area contributed by atoms with Crippen molar-refractivity contribution in [1.29, 1.82) is 0 Å². The Morgan fingerprint density at radius 1 is 1.17 bits per heavy atom. The average molecular weight is 322 g/mol. The van der Waals surface area contributed by atoms with E-state index in [2.05, 4.69) is 10.3 Å². The van der Waals surface area contributed by atoms with Gasteiger partial charge in [-0.25, -0.2) is 0 Å². The minimum absolute atomic E-state index is 0.190. The number of carbonyl (C=O) groups excluding carboxylic acids is 1. The number of aromatic nitrogens is 1. The molecule has 6 heteroatoms. The van der Waals surface area contributed by atoms with Crippen LogP contribution in [0.1, 0.15) is 10.4 Å². The van der Waals surface area contributed by atoms with Gasteiger partial charge in [0.2, 0.25) is 6.79 Å². The van der Waals surface area contributed by atoms with Gasteiger partial charge in [-0.1, -0.05) is 18.2 Å². The molecule has 24 heavy (non-hydrogen) atoms. The Morgan fingerprint density at radius 2 is 2.00 bits per heavy atom. The van der Waals surface area contributed by atoms with Crippen LogP contribution >= 0.6 is 0 Å². The van der Waals surface area contributed by atoms with Crippen molar-refractivity contribution >= 4 is 22.5 Å². The Kier molecular flexibility index (Phi) is 3.42. The summed E-state index contributed by atoms with van der Waals surface area (Å²) >= 11 is 0. The van der Waals surface area contributed by atoms with Crippen molar-refractivity contribution in [1.82, 2.24) is 4.98 Å². The molecule has 0 saturated heterocycles. The van der Waals surface area contributed by atoms with Gasteiger partial charge >= 0.3 is 0 Å². The third-order valence-electron chi connectivity index (χ3n) is 3.82. The van der Waals surface area contributed by atoms with Crippen molar-refractivity contribution in [2.45, 2.75) is 0 Å². The first kappa shape index (κ1) is 14.3. The van der Waals surface area contributed by atoms with E-state index in [0.717, 1.165) is 10.9 Å². The number of hydrogen-bond donors (Lipinski definition) is 1. The van der Waals surface area contributed by atoms with Crippen LogP contribution in [0.25, 0.3) is 10.9 Å². The minimum Gasteiger partial charge on any atom is -0.494 e. The van der Waals surface area contributed by atoms with Crippen LogP contribution in [0.5, 0.6) is 17.2 Å². The number of ether oxygens (including phenoxy) is 3. The van der Waals surface area contributed by atoms with Crippen LogP contribution in [0.4, 0.5) is 5.69 Å². The fourth-order valence-corrected chi connectivity index (χ4v) is 2.68. The topological polar surface area (TPSA) is 69.7 Å². The van der Waals surface area contributed by atoms with Crippen molar-refractivity contribution in [3.8, 4) is 17.2 Å². The molecule has 1 aromatic heterocycles. The van der Waals surface area contributed by atoms with Crippen LogP contribution in [-0.4, -0.2) is 24.8 Å². The molecule has 2 aromatic carbocycles. The monoisotopic (exact) mass is 322 g/mol. The summed E-state index contributed by atoms with van der Waals surface area (Å²) in [7, 11) is 1.52. The summed E-state index contributed by atoms with van der Waals surface area (Å²) in [5.41, 5.74) is 1.79. The van der Waals surface area contributed by atoms with Crippen LogP contribution in [0.15, 0.2) is 48.7 Å². The third kappa shape index (κ3) is 2.38. The normalized spacial score (nSPS) is 12.2. The van der Waals surface area contributed by atoms with Crippen LogP contribution in [0.3, 0.4) is 0 Å². The van der Waals surface area contributed by atoms with E-state index in [1.807, 2.05) is 24.3 Å². The molecule has 3 aromatic rings. The Labute approximate surface area is 138 Å². The second kappa shape index (κ2) is 5.73. The average Bonchev–Trinajstić information content (AvgIpc) is 3.08. The Bertz CT molecular complexity index is 939.